The normalized spacial score (nSPS) is 17.8. The van der Waals surface area contributed by atoms with Crippen LogP contribution >= 0.6 is 27.7 Å². The quantitative estimate of drug-likeness (QED) is 0.830. The highest BCUT2D eigenvalue weighted by Gasteiger charge is 2.19. The Morgan fingerprint density at radius 1 is 1.25 bits per heavy atom. The Hall–Kier alpha value is -0.770. The van der Waals surface area contributed by atoms with E-state index < -0.39 is 0 Å². The van der Waals surface area contributed by atoms with Crippen LogP contribution in [-0.2, 0) is 6.54 Å². The van der Waals surface area contributed by atoms with Gasteiger partial charge in [-0.2, -0.15) is 0 Å². The average Bonchev–Trinajstić information content (AvgIpc) is 2.48. The molecule has 1 aliphatic rings. The SMILES string of the molecule is Cc1ccc(CNC2CCSc3ccccc32)cc1Br. The highest BCUT2D eigenvalue weighted by Crippen LogP contribution is 2.35. The van der Waals surface area contributed by atoms with Crippen LogP contribution in [0.3, 0.4) is 0 Å². The number of hydrogen-bond acceptors (Lipinski definition) is 2. The molecule has 1 nitrogen and oxygen atoms in total. The predicted octanol–water partition coefficient (Wildman–Crippen LogP) is 5.08. The van der Waals surface area contributed by atoms with Gasteiger partial charge in [-0.15, -0.1) is 11.8 Å². The third-order valence-corrected chi connectivity index (χ3v) is 5.72. The first-order valence-corrected chi connectivity index (χ1v) is 8.72. The largest absolute Gasteiger partial charge is 0.306 e. The molecule has 0 amide bonds. The third-order valence-electron chi connectivity index (χ3n) is 3.75. The minimum atomic E-state index is 0.479. The van der Waals surface area contributed by atoms with E-state index >= 15 is 0 Å². The van der Waals surface area contributed by atoms with Crippen molar-refractivity contribution < 1.29 is 0 Å². The predicted molar refractivity (Wildman–Crippen MR) is 90.2 cm³/mol. The van der Waals surface area contributed by atoms with E-state index in [2.05, 4.69) is 70.6 Å². The van der Waals surface area contributed by atoms with E-state index in [4.69, 9.17) is 0 Å². The molecule has 2 aromatic carbocycles. The summed E-state index contributed by atoms with van der Waals surface area (Å²) in [4.78, 5) is 1.43. The number of thioether (sulfide) groups is 1. The van der Waals surface area contributed by atoms with E-state index in [-0.39, 0.29) is 0 Å². The summed E-state index contributed by atoms with van der Waals surface area (Å²) in [6.07, 6.45) is 1.20. The fourth-order valence-corrected chi connectivity index (χ4v) is 4.09. The minimum Gasteiger partial charge on any atom is -0.306 e. The highest BCUT2D eigenvalue weighted by atomic mass is 79.9. The van der Waals surface area contributed by atoms with Crippen molar-refractivity contribution in [1.82, 2.24) is 5.32 Å². The van der Waals surface area contributed by atoms with Crippen molar-refractivity contribution in [2.75, 3.05) is 5.75 Å². The molecule has 0 saturated heterocycles. The Morgan fingerprint density at radius 2 is 2.10 bits per heavy atom. The van der Waals surface area contributed by atoms with Crippen LogP contribution in [0.2, 0.25) is 0 Å². The first-order chi connectivity index (χ1) is 9.74. The summed E-state index contributed by atoms with van der Waals surface area (Å²) in [5.41, 5.74) is 4.07. The fourth-order valence-electron chi connectivity index (χ4n) is 2.54. The second-order valence-corrected chi connectivity index (χ2v) is 7.18. The fraction of sp³-hybridized carbons (Fsp3) is 0.294. The van der Waals surface area contributed by atoms with Crippen molar-refractivity contribution in [2.24, 2.45) is 0 Å². The van der Waals surface area contributed by atoms with Gasteiger partial charge in [0.2, 0.25) is 0 Å². The zero-order valence-electron chi connectivity index (χ0n) is 11.5. The second-order valence-electron chi connectivity index (χ2n) is 5.19. The van der Waals surface area contributed by atoms with Crippen LogP contribution in [0.25, 0.3) is 0 Å². The van der Waals surface area contributed by atoms with Gasteiger partial charge in [0.1, 0.15) is 0 Å². The van der Waals surface area contributed by atoms with Crippen molar-refractivity contribution in [3.05, 3.63) is 63.6 Å². The minimum absolute atomic E-state index is 0.479. The Morgan fingerprint density at radius 3 is 2.95 bits per heavy atom. The van der Waals surface area contributed by atoms with Gasteiger partial charge in [0.25, 0.3) is 0 Å². The first-order valence-electron chi connectivity index (χ1n) is 6.94. The molecule has 0 aromatic heterocycles. The van der Waals surface area contributed by atoms with Crippen LogP contribution in [0.5, 0.6) is 0 Å². The summed E-state index contributed by atoms with van der Waals surface area (Å²) >= 11 is 5.58. The van der Waals surface area contributed by atoms with Crippen LogP contribution in [0.15, 0.2) is 51.8 Å². The maximum atomic E-state index is 3.71. The molecule has 0 fully saturated rings. The number of nitrogens with one attached hydrogen (secondary N) is 1. The number of halogens is 1. The molecule has 104 valence electrons. The van der Waals surface area contributed by atoms with Crippen LogP contribution in [0, 0.1) is 6.92 Å². The van der Waals surface area contributed by atoms with Gasteiger partial charge < -0.3 is 5.32 Å². The molecule has 20 heavy (non-hydrogen) atoms. The molecule has 1 N–H and O–H groups in total. The lowest BCUT2D eigenvalue weighted by Gasteiger charge is -2.26. The standard InChI is InChI=1S/C17H18BrNS/c1-12-6-7-13(10-15(12)18)11-19-16-8-9-20-17-5-3-2-4-14(16)17/h2-7,10,16,19H,8-9,11H2,1H3. The summed E-state index contributed by atoms with van der Waals surface area (Å²) in [7, 11) is 0. The molecule has 0 spiro atoms. The number of hydrogen-bond donors (Lipinski definition) is 1. The molecule has 0 radical (unpaired) electrons. The molecule has 1 unspecified atom stereocenters. The first kappa shape index (κ1) is 14.2. The Bertz CT molecular complexity index is 612. The Balaban J connectivity index is 1.71. The summed E-state index contributed by atoms with van der Waals surface area (Å²) in [6, 6.07) is 15.8. The zero-order valence-corrected chi connectivity index (χ0v) is 13.9. The lowest BCUT2D eigenvalue weighted by molar-refractivity contribution is 0.510. The number of fused-ring (bicyclic) bond motifs is 1. The zero-order chi connectivity index (χ0) is 13.9. The summed E-state index contributed by atoms with van der Waals surface area (Å²) in [5, 5.41) is 3.71. The molecule has 1 aliphatic heterocycles. The molecule has 3 heteroatoms. The van der Waals surface area contributed by atoms with Gasteiger partial charge in [-0.1, -0.05) is 46.3 Å². The van der Waals surface area contributed by atoms with Crippen LogP contribution in [0.4, 0.5) is 0 Å². The topological polar surface area (TPSA) is 12.0 Å². The molecule has 3 rings (SSSR count). The summed E-state index contributed by atoms with van der Waals surface area (Å²) in [6.45, 7) is 3.04. The molecular formula is C17H18BrNS. The molecule has 1 heterocycles. The van der Waals surface area contributed by atoms with E-state index in [0.717, 1.165) is 6.54 Å². The molecule has 0 saturated carbocycles. The maximum absolute atomic E-state index is 3.71. The van der Waals surface area contributed by atoms with Gasteiger partial charge in [0, 0.05) is 22.0 Å². The molecule has 2 aromatic rings. The third kappa shape index (κ3) is 3.11. The summed E-state index contributed by atoms with van der Waals surface area (Å²) in [5.74, 6) is 1.20. The van der Waals surface area contributed by atoms with Crippen LogP contribution in [0.1, 0.15) is 29.2 Å². The van der Waals surface area contributed by atoms with Crippen LogP contribution in [-0.4, -0.2) is 5.75 Å². The molecule has 0 bridgehead atoms. The average molecular weight is 348 g/mol. The monoisotopic (exact) mass is 347 g/mol. The van der Waals surface area contributed by atoms with Crippen molar-refractivity contribution in [3.8, 4) is 0 Å². The summed E-state index contributed by atoms with van der Waals surface area (Å²) < 4.78 is 1.19. The van der Waals surface area contributed by atoms with Crippen molar-refractivity contribution in [1.29, 1.82) is 0 Å². The lowest BCUT2D eigenvalue weighted by atomic mass is 10.0. The van der Waals surface area contributed by atoms with E-state index in [1.54, 1.807) is 0 Å². The van der Waals surface area contributed by atoms with Gasteiger partial charge in [-0.25, -0.2) is 0 Å². The molecule has 0 aliphatic carbocycles. The molecular weight excluding hydrogens is 330 g/mol. The van der Waals surface area contributed by atoms with Crippen molar-refractivity contribution in [3.63, 3.8) is 0 Å². The van der Waals surface area contributed by atoms with Gasteiger partial charge in [-0.05, 0) is 47.9 Å². The lowest BCUT2D eigenvalue weighted by Crippen LogP contribution is -2.24. The van der Waals surface area contributed by atoms with Crippen LogP contribution < -0.4 is 5.32 Å². The maximum Gasteiger partial charge on any atom is 0.0342 e. The van der Waals surface area contributed by atoms with Crippen molar-refractivity contribution >= 4 is 27.7 Å². The highest BCUT2D eigenvalue weighted by molar-refractivity contribution is 9.10. The van der Waals surface area contributed by atoms with Gasteiger partial charge >= 0.3 is 0 Å². The van der Waals surface area contributed by atoms with Crippen molar-refractivity contribution in [2.45, 2.75) is 30.8 Å². The number of rotatable bonds is 3. The van der Waals surface area contributed by atoms with Gasteiger partial charge in [0.15, 0.2) is 0 Å². The second kappa shape index (κ2) is 6.33. The van der Waals surface area contributed by atoms with E-state index in [1.807, 2.05) is 11.8 Å². The molecule has 1 atom stereocenters. The number of benzene rings is 2. The Labute approximate surface area is 133 Å². The van der Waals surface area contributed by atoms with Gasteiger partial charge in [0.05, 0.1) is 0 Å². The van der Waals surface area contributed by atoms with E-state index in [1.165, 1.54) is 38.2 Å². The van der Waals surface area contributed by atoms with Gasteiger partial charge in [-0.3, -0.25) is 0 Å². The van der Waals surface area contributed by atoms with E-state index in [9.17, 15) is 0 Å². The Kier molecular flexibility index (Phi) is 4.49. The van der Waals surface area contributed by atoms with E-state index in [0.29, 0.717) is 6.04 Å². The number of aryl methyl sites for hydroxylation is 1. The smallest absolute Gasteiger partial charge is 0.0342 e.